The van der Waals surface area contributed by atoms with Crippen LogP contribution in [0.25, 0.3) is 0 Å². The monoisotopic (exact) mass is 267 g/mol. The zero-order chi connectivity index (χ0) is 13.0. The summed E-state index contributed by atoms with van der Waals surface area (Å²) in [6.45, 7) is 1.70. The van der Waals surface area contributed by atoms with E-state index in [9.17, 15) is 4.79 Å². The molecule has 0 aliphatic rings. The number of H-pyrrole nitrogens is 1. The average Bonchev–Trinajstić information content (AvgIpc) is 2.80. The van der Waals surface area contributed by atoms with Gasteiger partial charge in [-0.3, -0.25) is 10.1 Å². The highest BCUT2D eigenvalue weighted by molar-refractivity contribution is 6.30. The summed E-state index contributed by atoms with van der Waals surface area (Å²) in [6, 6.07) is 5.16. The second-order valence-electron chi connectivity index (χ2n) is 3.48. The summed E-state index contributed by atoms with van der Waals surface area (Å²) in [7, 11) is 0. The fourth-order valence-electron chi connectivity index (χ4n) is 1.29. The minimum atomic E-state index is -0.370. The fourth-order valence-corrected chi connectivity index (χ4v) is 1.52. The van der Waals surface area contributed by atoms with E-state index in [2.05, 4.69) is 25.9 Å². The van der Waals surface area contributed by atoms with Crippen LogP contribution < -0.4 is 10.1 Å². The Hall–Kier alpha value is -2.15. The third-order valence-electron chi connectivity index (χ3n) is 2.09. The van der Waals surface area contributed by atoms with E-state index in [0.717, 1.165) is 5.56 Å². The first-order chi connectivity index (χ1) is 8.65. The molecule has 94 valence electrons. The van der Waals surface area contributed by atoms with Crippen LogP contribution in [0.15, 0.2) is 18.2 Å². The number of nitrogens with zero attached hydrogens (tertiary/aromatic N) is 3. The van der Waals surface area contributed by atoms with E-state index in [0.29, 0.717) is 10.8 Å². The van der Waals surface area contributed by atoms with Gasteiger partial charge in [-0.05, 0) is 35.9 Å². The largest absolute Gasteiger partial charge is 0.483 e. The Labute approximate surface area is 107 Å². The molecule has 1 aromatic heterocycles. The van der Waals surface area contributed by atoms with Crippen LogP contribution in [0.2, 0.25) is 5.02 Å². The van der Waals surface area contributed by atoms with E-state index in [4.69, 9.17) is 16.3 Å². The van der Waals surface area contributed by atoms with Crippen molar-refractivity contribution in [2.24, 2.45) is 0 Å². The fraction of sp³-hybridized carbons (Fsp3) is 0.200. The first-order valence-corrected chi connectivity index (χ1v) is 5.45. The van der Waals surface area contributed by atoms with Crippen LogP contribution in [0.3, 0.4) is 0 Å². The summed E-state index contributed by atoms with van der Waals surface area (Å²) in [5.74, 6) is 0.338. The van der Waals surface area contributed by atoms with Gasteiger partial charge < -0.3 is 4.74 Å². The molecule has 0 atom stereocenters. The van der Waals surface area contributed by atoms with E-state index in [1.807, 2.05) is 6.92 Å². The van der Waals surface area contributed by atoms with Crippen LogP contribution >= 0.6 is 11.6 Å². The normalized spacial score (nSPS) is 10.1. The van der Waals surface area contributed by atoms with Gasteiger partial charge in [0, 0.05) is 5.02 Å². The van der Waals surface area contributed by atoms with Gasteiger partial charge in [0.15, 0.2) is 6.61 Å². The number of benzene rings is 1. The molecular weight excluding hydrogens is 258 g/mol. The van der Waals surface area contributed by atoms with Gasteiger partial charge in [-0.15, -0.1) is 5.10 Å². The lowest BCUT2D eigenvalue weighted by molar-refractivity contribution is -0.118. The number of amides is 1. The third-order valence-corrected chi connectivity index (χ3v) is 2.33. The number of aromatic amines is 1. The summed E-state index contributed by atoms with van der Waals surface area (Å²) < 4.78 is 5.35. The molecule has 0 saturated carbocycles. The van der Waals surface area contributed by atoms with Gasteiger partial charge in [-0.25, -0.2) is 0 Å². The van der Waals surface area contributed by atoms with E-state index in [1.54, 1.807) is 18.2 Å². The molecule has 0 unspecified atom stereocenters. The first-order valence-electron chi connectivity index (χ1n) is 5.07. The molecule has 1 heterocycles. The summed E-state index contributed by atoms with van der Waals surface area (Å²) in [5, 5.41) is 15.7. The van der Waals surface area contributed by atoms with Crippen molar-refractivity contribution < 1.29 is 9.53 Å². The molecular formula is C10H10ClN5O2. The Morgan fingerprint density at radius 2 is 2.39 bits per heavy atom. The van der Waals surface area contributed by atoms with E-state index >= 15 is 0 Å². The predicted molar refractivity (Wildman–Crippen MR) is 64.5 cm³/mol. The number of aromatic nitrogens is 4. The molecule has 0 radical (unpaired) electrons. The number of anilines is 1. The number of nitrogens with one attached hydrogen (secondary N) is 2. The molecule has 2 rings (SSSR count). The van der Waals surface area contributed by atoms with E-state index < -0.39 is 0 Å². The molecule has 0 saturated heterocycles. The molecule has 0 aliphatic carbocycles. The molecule has 2 N–H and O–H groups in total. The third kappa shape index (κ3) is 3.17. The van der Waals surface area contributed by atoms with Crippen molar-refractivity contribution in [3.8, 4) is 5.75 Å². The SMILES string of the molecule is Cc1cc(Cl)ccc1OCC(=O)Nc1nn[nH]n1. The van der Waals surface area contributed by atoms with Crippen molar-refractivity contribution in [2.75, 3.05) is 11.9 Å². The number of carbonyl (C=O) groups is 1. The van der Waals surface area contributed by atoms with E-state index in [-0.39, 0.29) is 18.5 Å². The highest BCUT2D eigenvalue weighted by Crippen LogP contribution is 2.21. The van der Waals surface area contributed by atoms with Crippen molar-refractivity contribution in [1.82, 2.24) is 20.6 Å². The molecule has 0 spiro atoms. The topological polar surface area (TPSA) is 92.8 Å². The number of carbonyl (C=O) groups excluding carboxylic acids is 1. The van der Waals surface area contributed by atoms with Crippen LogP contribution in [0.4, 0.5) is 5.95 Å². The van der Waals surface area contributed by atoms with Crippen molar-refractivity contribution in [2.45, 2.75) is 6.92 Å². The number of ether oxygens (including phenoxy) is 1. The number of hydrogen-bond donors (Lipinski definition) is 2. The molecule has 0 fully saturated rings. The lowest BCUT2D eigenvalue weighted by atomic mass is 10.2. The smallest absolute Gasteiger partial charge is 0.269 e. The summed E-state index contributed by atoms with van der Waals surface area (Å²) in [5.41, 5.74) is 0.856. The highest BCUT2D eigenvalue weighted by atomic mass is 35.5. The lowest BCUT2D eigenvalue weighted by Gasteiger charge is -2.08. The van der Waals surface area contributed by atoms with Crippen LogP contribution in [-0.4, -0.2) is 33.1 Å². The highest BCUT2D eigenvalue weighted by Gasteiger charge is 2.07. The Morgan fingerprint density at radius 1 is 1.56 bits per heavy atom. The van der Waals surface area contributed by atoms with E-state index in [1.165, 1.54) is 0 Å². The Bertz CT molecular complexity index is 543. The van der Waals surface area contributed by atoms with Crippen molar-refractivity contribution in [3.63, 3.8) is 0 Å². The molecule has 0 aliphatic heterocycles. The average molecular weight is 268 g/mol. The maximum Gasteiger partial charge on any atom is 0.269 e. The van der Waals surface area contributed by atoms with Crippen LogP contribution in [0, 0.1) is 6.92 Å². The predicted octanol–water partition coefficient (Wildman–Crippen LogP) is 1.18. The first kappa shape index (κ1) is 12.3. The van der Waals surface area contributed by atoms with Crippen molar-refractivity contribution in [1.29, 1.82) is 0 Å². The maximum atomic E-state index is 11.5. The van der Waals surface area contributed by atoms with Gasteiger partial charge in [0.25, 0.3) is 11.9 Å². The maximum absolute atomic E-state index is 11.5. The zero-order valence-corrected chi connectivity index (χ0v) is 10.2. The van der Waals surface area contributed by atoms with Crippen LogP contribution in [0.1, 0.15) is 5.56 Å². The number of tetrazole rings is 1. The lowest BCUT2D eigenvalue weighted by Crippen LogP contribution is -2.21. The number of hydrogen-bond acceptors (Lipinski definition) is 5. The van der Waals surface area contributed by atoms with Crippen LogP contribution in [0.5, 0.6) is 5.75 Å². The molecule has 2 aromatic rings. The standard InChI is InChI=1S/C10H10ClN5O2/c1-6-4-7(11)2-3-8(6)18-5-9(17)12-10-13-15-16-14-10/h2-4H,5H2,1H3,(H2,12,13,14,15,16,17). The Kier molecular flexibility index (Phi) is 3.73. The molecule has 1 amide bonds. The quantitative estimate of drug-likeness (QED) is 0.868. The Balaban J connectivity index is 1.89. The molecule has 7 nitrogen and oxygen atoms in total. The molecule has 0 bridgehead atoms. The molecule has 8 heteroatoms. The molecule has 1 aromatic carbocycles. The minimum Gasteiger partial charge on any atom is -0.483 e. The van der Waals surface area contributed by atoms with Crippen LogP contribution in [-0.2, 0) is 4.79 Å². The zero-order valence-electron chi connectivity index (χ0n) is 9.48. The number of aryl methyl sites for hydroxylation is 1. The van der Waals surface area contributed by atoms with Gasteiger partial charge in [0.05, 0.1) is 0 Å². The number of halogens is 1. The summed E-state index contributed by atoms with van der Waals surface area (Å²) >= 11 is 5.81. The second-order valence-corrected chi connectivity index (χ2v) is 3.92. The van der Waals surface area contributed by atoms with Gasteiger partial charge >= 0.3 is 0 Å². The minimum absolute atomic E-state index is 0.108. The second kappa shape index (κ2) is 5.46. The molecule has 18 heavy (non-hydrogen) atoms. The number of rotatable bonds is 4. The van der Waals surface area contributed by atoms with Gasteiger partial charge in [0.2, 0.25) is 0 Å². The van der Waals surface area contributed by atoms with Gasteiger partial charge in [-0.2, -0.15) is 5.21 Å². The Morgan fingerprint density at radius 3 is 3.06 bits per heavy atom. The summed E-state index contributed by atoms with van der Waals surface area (Å²) in [6.07, 6.45) is 0. The van der Waals surface area contributed by atoms with Gasteiger partial charge in [0.1, 0.15) is 5.75 Å². The van der Waals surface area contributed by atoms with Gasteiger partial charge in [-0.1, -0.05) is 16.7 Å². The van der Waals surface area contributed by atoms with Crippen molar-refractivity contribution in [3.05, 3.63) is 28.8 Å². The summed E-state index contributed by atoms with van der Waals surface area (Å²) in [4.78, 5) is 11.5. The van der Waals surface area contributed by atoms with Crippen molar-refractivity contribution >= 4 is 23.5 Å².